The van der Waals surface area contributed by atoms with Crippen LogP contribution in [0.1, 0.15) is 33.6 Å². The quantitative estimate of drug-likeness (QED) is 0.422. The summed E-state index contributed by atoms with van der Waals surface area (Å²) in [6, 6.07) is 0. The molecule has 0 saturated heterocycles. The fraction of sp³-hybridized carbons (Fsp3) is 0.857. The van der Waals surface area contributed by atoms with Crippen molar-refractivity contribution >= 4 is 6.47 Å². The van der Waals surface area contributed by atoms with Crippen molar-refractivity contribution in [2.24, 2.45) is 0 Å². The minimum Gasteiger partial charge on any atom is -0.468 e. The Morgan fingerprint density at radius 1 is 1.44 bits per heavy atom. The van der Waals surface area contributed by atoms with E-state index in [-0.39, 0.29) is 7.43 Å². The largest absolute Gasteiger partial charge is 0.468 e. The van der Waals surface area contributed by atoms with Gasteiger partial charge in [-0.25, -0.2) is 0 Å². The average molecular weight is 132 g/mol. The highest BCUT2D eigenvalue weighted by Gasteiger charge is 1.82. The van der Waals surface area contributed by atoms with Crippen LogP contribution in [0.25, 0.3) is 0 Å². The van der Waals surface area contributed by atoms with E-state index in [1.807, 2.05) is 0 Å². The van der Waals surface area contributed by atoms with Crippen LogP contribution in [-0.4, -0.2) is 13.1 Å². The number of carbonyl (C=O) groups is 1. The molecule has 0 aliphatic rings. The molecule has 56 valence electrons. The van der Waals surface area contributed by atoms with Crippen LogP contribution in [-0.2, 0) is 9.53 Å². The Bertz CT molecular complexity index is 52.9. The van der Waals surface area contributed by atoms with Crippen LogP contribution in [0.3, 0.4) is 0 Å². The van der Waals surface area contributed by atoms with Crippen LogP contribution in [0.4, 0.5) is 0 Å². The van der Waals surface area contributed by atoms with Crippen LogP contribution >= 0.6 is 0 Å². The van der Waals surface area contributed by atoms with E-state index in [2.05, 4.69) is 11.7 Å². The lowest BCUT2D eigenvalue weighted by molar-refractivity contribution is -0.128. The lowest BCUT2D eigenvalue weighted by Gasteiger charge is -1.93. The summed E-state index contributed by atoms with van der Waals surface area (Å²) in [4.78, 5) is 9.55. The van der Waals surface area contributed by atoms with Gasteiger partial charge in [0.2, 0.25) is 0 Å². The van der Waals surface area contributed by atoms with Crippen LogP contribution in [0.15, 0.2) is 0 Å². The van der Waals surface area contributed by atoms with Gasteiger partial charge in [0.1, 0.15) is 0 Å². The Labute approximate surface area is 57.2 Å². The van der Waals surface area contributed by atoms with E-state index >= 15 is 0 Å². The fourth-order valence-electron chi connectivity index (χ4n) is 0.484. The number of unbranched alkanes of at least 4 members (excludes halogenated alkanes) is 2. The molecule has 0 bridgehead atoms. The van der Waals surface area contributed by atoms with Gasteiger partial charge in [-0.15, -0.1) is 0 Å². The summed E-state index contributed by atoms with van der Waals surface area (Å²) in [5, 5.41) is 0. The Morgan fingerprint density at radius 2 is 2.11 bits per heavy atom. The first-order valence-electron chi connectivity index (χ1n) is 2.97. The third kappa shape index (κ3) is 11.2. The summed E-state index contributed by atoms with van der Waals surface area (Å²) in [6.07, 6.45) is 3.31. The molecule has 0 radical (unpaired) electrons. The Balaban J connectivity index is 0. The molecule has 0 spiro atoms. The van der Waals surface area contributed by atoms with Crippen LogP contribution < -0.4 is 0 Å². The van der Waals surface area contributed by atoms with Crippen molar-refractivity contribution in [2.75, 3.05) is 6.61 Å². The first-order valence-corrected chi connectivity index (χ1v) is 2.97. The molecule has 0 unspecified atom stereocenters. The second-order valence-electron chi connectivity index (χ2n) is 1.67. The maximum absolute atomic E-state index is 9.55. The summed E-state index contributed by atoms with van der Waals surface area (Å²) in [6.45, 7) is 3.19. The van der Waals surface area contributed by atoms with Gasteiger partial charge in [0.15, 0.2) is 0 Å². The zero-order valence-electron chi connectivity index (χ0n) is 5.22. The van der Waals surface area contributed by atoms with Crippen LogP contribution in [0.2, 0.25) is 0 Å². The molecular formula is C7H16O2. The number of carbonyl (C=O) groups excluding carboxylic acids is 1. The van der Waals surface area contributed by atoms with E-state index in [9.17, 15) is 4.79 Å². The Morgan fingerprint density at radius 3 is 2.56 bits per heavy atom. The maximum atomic E-state index is 9.55. The number of hydrogen-bond donors (Lipinski definition) is 0. The molecule has 0 atom stereocenters. The number of hydrogen-bond acceptors (Lipinski definition) is 2. The Kier molecular flexibility index (Phi) is 13.1. The molecule has 0 rings (SSSR count). The molecule has 0 aromatic rings. The number of rotatable bonds is 5. The number of ether oxygens (including phenoxy) is 1. The summed E-state index contributed by atoms with van der Waals surface area (Å²) in [5.41, 5.74) is 0. The van der Waals surface area contributed by atoms with Gasteiger partial charge in [-0.3, -0.25) is 4.79 Å². The molecule has 0 aliphatic heterocycles. The molecule has 0 amide bonds. The van der Waals surface area contributed by atoms with E-state index < -0.39 is 0 Å². The monoisotopic (exact) mass is 132 g/mol. The van der Waals surface area contributed by atoms with Crippen LogP contribution in [0.5, 0.6) is 0 Å². The summed E-state index contributed by atoms with van der Waals surface area (Å²) < 4.78 is 4.46. The molecule has 0 aromatic carbocycles. The third-order valence-electron chi connectivity index (χ3n) is 0.934. The maximum Gasteiger partial charge on any atom is 0.293 e. The van der Waals surface area contributed by atoms with Crippen molar-refractivity contribution in [2.45, 2.75) is 33.6 Å². The summed E-state index contributed by atoms with van der Waals surface area (Å²) in [7, 11) is 0. The van der Waals surface area contributed by atoms with Crippen molar-refractivity contribution in [3.63, 3.8) is 0 Å². The van der Waals surface area contributed by atoms with E-state index in [0.717, 1.165) is 12.8 Å². The van der Waals surface area contributed by atoms with Gasteiger partial charge >= 0.3 is 0 Å². The first kappa shape index (κ1) is 11.3. The van der Waals surface area contributed by atoms with E-state index in [0.29, 0.717) is 13.1 Å². The van der Waals surface area contributed by atoms with Crippen molar-refractivity contribution in [3.8, 4) is 0 Å². The van der Waals surface area contributed by atoms with Crippen LogP contribution in [0, 0.1) is 0 Å². The lowest BCUT2D eigenvalue weighted by atomic mass is 10.3. The van der Waals surface area contributed by atoms with Crippen molar-refractivity contribution in [1.29, 1.82) is 0 Å². The second kappa shape index (κ2) is 10.5. The smallest absolute Gasteiger partial charge is 0.293 e. The highest BCUT2D eigenvalue weighted by atomic mass is 16.5. The van der Waals surface area contributed by atoms with Gasteiger partial charge in [-0.05, 0) is 6.42 Å². The molecule has 9 heavy (non-hydrogen) atoms. The highest BCUT2D eigenvalue weighted by molar-refractivity contribution is 5.36. The van der Waals surface area contributed by atoms with Gasteiger partial charge in [0, 0.05) is 0 Å². The third-order valence-corrected chi connectivity index (χ3v) is 0.934. The van der Waals surface area contributed by atoms with Gasteiger partial charge in [-0.1, -0.05) is 27.2 Å². The van der Waals surface area contributed by atoms with Gasteiger partial charge in [0.25, 0.3) is 6.47 Å². The van der Waals surface area contributed by atoms with Crippen molar-refractivity contribution in [1.82, 2.24) is 0 Å². The molecule has 0 saturated carbocycles. The zero-order chi connectivity index (χ0) is 6.24. The molecular weight excluding hydrogens is 116 g/mol. The van der Waals surface area contributed by atoms with Gasteiger partial charge < -0.3 is 4.74 Å². The normalized spacial score (nSPS) is 7.67. The molecule has 0 aliphatic carbocycles. The van der Waals surface area contributed by atoms with Gasteiger partial charge in [-0.2, -0.15) is 0 Å². The predicted molar refractivity (Wildman–Crippen MR) is 38.3 cm³/mol. The van der Waals surface area contributed by atoms with E-state index in [1.165, 1.54) is 6.42 Å². The van der Waals surface area contributed by atoms with Gasteiger partial charge in [0.05, 0.1) is 6.61 Å². The first-order chi connectivity index (χ1) is 3.91. The minimum atomic E-state index is 0. The molecule has 0 fully saturated rings. The standard InChI is InChI=1S/C6H12O2.CH4/c1-2-3-4-5-8-6-7;/h6H,2-5H2,1H3;1H4. The predicted octanol–water partition coefficient (Wildman–Crippen LogP) is 1.99. The SMILES string of the molecule is C.CCCCCOC=O. The fourth-order valence-corrected chi connectivity index (χ4v) is 0.484. The molecule has 2 nitrogen and oxygen atoms in total. The molecule has 2 heteroatoms. The molecule has 0 aromatic heterocycles. The second-order valence-corrected chi connectivity index (χ2v) is 1.67. The average Bonchev–Trinajstić information content (AvgIpc) is 1.81. The highest BCUT2D eigenvalue weighted by Crippen LogP contribution is 1.91. The topological polar surface area (TPSA) is 26.3 Å². The summed E-state index contributed by atoms with van der Waals surface area (Å²) >= 11 is 0. The minimum absolute atomic E-state index is 0. The lowest BCUT2D eigenvalue weighted by Crippen LogP contribution is -1.89. The van der Waals surface area contributed by atoms with E-state index in [1.54, 1.807) is 0 Å². The summed E-state index contributed by atoms with van der Waals surface area (Å²) in [5.74, 6) is 0. The Hall–Kier alpha value is -0.530. The molecule has 0 heterocycles. The molecule has 0 N–H and O–H groups in total. The van der Waals surface area contributed by atoms with Crippen molar-refractivity contribution < 1.29 is 9.53 Å². The van der Waals surface area contributed by atoms with Crippen molar-refractivity contribution in [3.05, 3.63) is 0 Å². The van der Waals surface area contributed by atoms with E-state index in [4.69, 9.17) is 0 Å². The zero-order valence-corrected chi connectivity index (χ0v) is 5.22.